The molecule has 1 aromatic carbocycles. The van der Waals surface area contributed by atoms with Gasteiger partial charge in [-0.2, -0.15) is 0 Å². The second-order valence-electron chi connectivity index (χ2n) is 6.49. The fourth-order valence-electron chi connectivity index (χ4n) is 3.44. The molecular formula is C19H25N5O2. The van der Waals surface area contributed by atoms with E-state index in [0.717, 1.165) is 75.3 Å². The van der Waals surface area contributed by atoms with E-state index in [1.165, 1.54) is 5.69 Å². The molecule has 0 radical (unpaired) electrons. The smallest absolute Gasteiger partial charge is 0.225 e. The number of hydrogen-bond donors (Lipinski definition) is 1. The predicted octanol–water partition coefficient (Wildman–Crippen LogP) is 1.40. The molecule has 7 nitrogen and oxygen atoms in total. The van der Waals surface area contributed by atoms with Gasteiger partial charge in [-0.3, -0.25) is 0 Å². The van der Waals surface area contributed by atoms with Crippen molar-refractivity contribution in [3.05, 3.63) is 30.6 Å². The Morgan fingerprint density at radius 2 is 1.73 bits per heavy atom. The summed E-state index contributed by atoms with van der Waals surface area (Å²) in [6.45, 7) is 7.12. The molecule has 0 spiro atoms. The maximum absolute atomic E-state index is 5.44. The first-order valence-electron chi connectivity index (χ1n) is 9.14. The summed E-state index contributed by atoms with van der Waals surface area (Å²) in [6, 6.07) is 6.23. The molecule has 0 atom stereocenters. The zero-order chi connectivity index (χ0) is 17.8. The highest BCUT2D eigenvalue weighted by Gasteiger charge is 2.18. The maximum Gasteiger partial charge on any atom is 0.225 e. The molecule has 26 heavy (non-hydrogen) atoms. The van der Waals surface area contributed by atoms with Gasteiger partial charge in [0.1, 0.15) is 5.75 Å². The average molecular weight is 355 g/mol. The molecule has 2 saturated heterocycles. The van der Waals surface area contributed by atoms with Gasteiger partial charge >= 0.3 is 0 Å². The lowest BCUT2D eigenvalue weighted by Crippen LogP contribution is -2.43. The van der Waals surface area contributed by atoms with Crippen LogP contribution in [0.25, 0.3) is 11.1 Å². The van der Waals surface area contributed by atoms with Gasteiger partial charge in [0.25, 0.3) is 0 Å². The molecule has 2 aliphatic heterocycles. The molecule has 2 fully saturated rings. The normalized spacial score (nSPS) is 18.0. The number of benzene rings is 1. The van der Waals surface area contributed by atoms with Gasteiger partial charge in [-0.15, -0.1) is 0 Å². The van der Waals surface area contributed by atoms with Gasteiger partial charge in [-0.05, 0) is 18.2 Å². The lowest BCUT2D eigenvalue weighted by Gasteiger charge is -2.31. The summed E-state index contributed by atoms with van der Waals surface area (Å²) in [6.07, 6.45) is 3.83. The van der Waals surface area contributed by atoms with Crippen molar-refractivity contribution in [2.24, 2.45) is 0 Å². The van der Waals surface area contributed by atoms with E-state index in [2.05, 4.69) is 37.2 Å². The van der Waals surface area contributed by atoms with Crippen molar-refractivity contribution in [3.8, 4) is 16.9 Å². The molecule has 0 saturated carbocycles. The highest BCUT2D eigenvalue weighted by atomic mass is 16.5. The molecule has 0 unspecified atom stereocenters. The zero-order valence-corrected chi connectivity index (χ0v) is 15.1. The Labute approximate surface area is 153 Å². The van der Waals surface area contributed by atoms with Crippen LogP contribution in [0.5, 0.6) is 5.75 Å². The van der Waals surface area contributed by atoms with Crippen LogP contribution >= 0.6 is 0 Å². The van der Waals surface area contributed by atoms with E-state index in [4.69, 9.17) is 9.47 Å². The Hall–Kier alpha value is -2.38. The van der Waals surface area contributed by atoms with Gasteiger partial charge in [-0.1, -0.05) is 0 Å². The molecular weight excluding hydrogens is 330 g/mol. The quantitative estimate of drug-likeness (QED) is 0.889. The summed E-state index contributed by atoms with van der Waals surface area (Å²) < 4.78 is 10.8. The number of methoxy groups -OCH3 is 1. The van der Waals surface area contributed by atoms with Crippen molar-refractivity contribution in [3.63, 3.8) is 0 Å². The maximum atomic E-state index is 5.44. The van der Waals surface area contributed by atoms with Gasteiger partial charge in [0.05, 0.1) is 20.3 Å². The van der Waals surface area contributed by atoms with Crippen LogP contribution in [0.15, 0.2) is 30.6 Å². The topological polar surface area (TPSA) is 62.8 Å². The number of anilines is 2. The lowest BCUT2D eigenvalue weighted by atomic mass is 10.0. The molecule has 4 rings (SSSR count). The van der Waals surface area contributed by atoms with Gasteiger partial charge < -0.3 is 24.6 Å². The van der Waals surface area contributed by atoms with Crippen LogP contribution in [0.4, 0.5) is 11.6 Å². The second-order valence-corrected chi connectivity index (χ2v) is 6.49. The highest BCUT2D eigenvalue weighted by Crippen LogP contribution is 2.34. The third kappa shape index (κ3) is 3.59. The summed E-state index contributed by atoms with van der Waals surface area (Å²) in [5.74, 6) is 1.61. The summed E-state index contributed by atoms with van der Waals surface area (Å²) in [5.41, 5.74) is 3.32. The van der Waals surface area contributed by atoms with Gasteiger partial charge in [-0.25, -0.2) is 9.97 Å². The van der Waals surface area contributed by atoms with E-state index in [1.807, 2.05) is 18.5 Å². The fraction of sp³-hybridized carbons (Fsp3) is 0.474. The second kappa shape index (κ2) is 7.88. The minimum atomic E-state index is 0.730. The van der Waals surface area contributed by atoms with Gasteiger partial charge in [0.15, 0.2) is 0 Å². The first-order chi connectivity index (χ1) is 12.8. The minimum Gasteiger partial charge on any atom is -0.497 e. The number of hydrogen-bond acceptors (Lipinski definition) is 7. The zero-order valence-electron chi connectivity index (χ0n) is 15.1. The minimum absolute atomic E-state index is 0.730. The van der Waals surface area contributed by atoms with E-state index >= 15 is 0 Å². The van der Waals surface area contributed by atoms with Gasteiger partial charge in [0, 0.05) is 68.5 Å². The number of ether oxygens (including phenoxy) is 2. The fourth-order valence-corrected chi connectivity index (χ4v) is 3.44. The molecule has 3 heterocycles. The third-order valence-electron chi connectivity index (χ3n) is 4.90. The Bertz CT molecular complexity index is 725. The van der Waals surface area contributed by atoms with Crippen LogP contribution in [0.2, 0.25) is 0 Å². The van der Waals surface area contributed by atoms with Crippen molar-refractivity contribution in [1.29, 1.82) is 0 Å². The molecule has 1 aromatic heterocycles. The molecule has 0 aliphatic carbocycles. The standard InChI is InChI=1S/C19H25N5O2/c1-25-16-2-3-18(23-6-4-20-5-7-23)17(12-16)15-13-21-19(22-14-15)24-8-10-26-11-9-24/h2-3,12-14,20H,4-11H2,1H3. The Morgan fingerprint density at radius 3 is 2.42 bits per heavy atom. The van der Waals surface area contributed by atoms with Crippen molar-refractivity contribution < 1.29 is 9.47 Å². The summed E-state index contributed by atoms with van der Waals surface area (Å²) in [5, 5.41) is 3.40. The number of rotatable bonds is 4. The predicted molar refractivity (Wildman–Crippen MR) is 102 cm³/mol. The van der Waals surface area contributed by atoms with E-state index < -0.39 is 0 Å². The van der Waals surface area contributed by atoms with Crippen molar-refractivity contribution in [2.75, 3.05) is 69.4 Å². The molecule has 1 N–H and O–H groups in total. The SMILES string of the molecule is COc1ccc(N2CCNCC2)c(-c2cnc(N3CCOCC3)nc2)c1. The van der Waals surface area contributed by atoms with Crippen LogP contribution in [-0.2, 0) is 4.74 Å². The van der Waals surface area contributed by atoms with Crippen molar-refractivity contribution >= 4 is 11.6 Å². The van der Waals surface area contributed by atoms with Crippen LogP contribution in [0.1, 0.15) is 0 Å². The third-order valence-corrected chi connectivity index (χ3v) is 4.90. The lowest BCUT2D eigenvalue weighted by molar-refractivity contribution is 0.122. The van der Waals surface area contributed by atoms with Crippen molar-refractivity contribution in [1.82, 2.24) is 15.3 Å². The van der Waals surface area contributed by atoms with Crippen molar-refractivity contribution in [2.45, 2.75) is 0 Å². The number of piperazine rings is 1. The monoisotopic (exact) mass is 355 g/mol. The highest BCUT2D eigenvalue weighted by molar-refractivity contribution is 5.79. The largest absolute Gasteiger partial charge is 0.497 e. The number of nitrogens with zero attached hydrogens (tertiary/aromatic N) is 4. The molecule has 2 aliphatic rings. The molecule has 2 aromatic rings. The molecule has 7 heteroatoms. The Kier molecular flexibility index (Phi) is 5.17. The van der Waals surface area contributed by atoms with E-state index in [-0.39, 0.29) is 0 Å². The Morgan fingerprint density at radius 1 is 1.00 bits per heavy atom. The number of morpholine rings is 1. The van der Waals surface area contributed by atoms with Gasteiger partial charge in [0.2, 0.25) is 5.95 Å². The van der Waals surface area contributed by atoms with E-state index in [9.17, 15) is 0 Å². The average Bonchev–Trinajstić information content (AvgIpc) is 2.75. The number of aromatic nitrogens is 2. The molecule has 138 valence electrons. The van der Waals surface area contributed by atoms with Crippen LogP contribution in [0, 0.1) is 0 Å². The van der Waals surface area contributed by atoms with Crippen LogP contribution in [-0.4, -0.2) is 69.6 Å². The van der Waals surface area contributed by atoms with E-state index in [0.29, 0.717) is 0 Å². The summed E-state index contributed by atoms with van der Waals surface area (Å²) in [7, 11) is 1.70. The summed E-state index contributed by atoms with van der Waals surface area (Å²) in [4.78, 5) is 13.8. The van der Waals surface area contributed by atoms with Crippen LogP contribution < -0.4 is 19.9 Å². The first kappa shape index (κ1) is 17.1. The first-order valence-corrected chi connectivity index (χ1v) is 9.14. The molecule has 0 amide bonds. The Balaban J connectivity index is 1.64. The van der Waals surface area contributed by atoms with E-state index in [1.54, 1.807) is 7.11 Å². The number of nitrogens with one attached hydrogen (secondary N) is 1. The van der Waals surface area contributed by atoms with Crippen LogP contribution in [0.3, 0.4) is 0 Å². The summed E-state index contributed by atoms with van der Waals surface area (Å²) >= 11 is 0. The molecule has 0 bridgehead atoms.